The lowest BCUT2D eigenvalue weighted by atomic mass is 10.1. The topological polar surface area (TPSA) is 119 Å². The van der Waals surface area contributed by atoms with Gasteiger partial charge in [-0.15, -0.1) is 0 Å². The zero-order valence-electron chi connectivity index (χ0n) is 14.8. The molecular formula is C18H22N4O4S. The number of anilines is 2. The SMILES string of the molecule is NS(=O)(=O)c1ccc([N+](=O)[O-])cc1NCc1ccccc1N1CCCCC1. The first kappa shape index (κ1) is 19.1. The molecule has 0 radical (unpaired) electrons. The van der Waals surface area contributed by atoms with Crippen LogP contribution in [0.15, 0.2) is 47.4 Å². The maximum Gasteiger partial charge on any atom is 0.271 e. The van der Waals surface area contributed by atoms with Crippen LogP contribution in [0.3, 0.4) is 0 Å². The maximum atomic E-state index is 11.8. The van der Waals surface area contributed by atoms with Gasteiger partial charge in [-0.1, -0.05) is 18.2 Å². The van der Waals surface area contributed by atoms with Crippen LogP contribution in [0, 0.1) is 10.1 Å². The van der Waals surface area contributed by atoms with Crippen molar-refractivity contribution in [3.8, 4) is 0 Å². The molecule has 144 valence electrons. The Hall–Kier alpha value is -2.65. The summed E-state index contributed by atoms with van der Waals surface area (Å²) in [6.45, 7) is 2.29. The Morgan fingerprint density at radius 1 is 1.11 bits per heavy atom. The Morgan fingerprint density at radius 3 is 2.48 bits per heavy atom. The van der Waals surface area contributed by atoms with E-state index in [9.17, 15) is 18.5 Å². The third-order valence-corrected chi connectivity index (χ3v) is 5.61. The van der Waals surface area contributed by atoms with Gasteiger partial charge in [0, 0.05) is 37.5 Å². The van der Waals surface area contributed by atoms with E-state index >= 15 is 0 Å². The summed E-state index contributed by atoms with van der Waals surface area (Å²) in [5.74, 6) is 0. The number of hydrogen-bond acceptors (Lipinski definition) is 6. The number of nitro benzene ring substituents is 1. The summed E-state index contributed by atoms with van der Waals surface area (Å²) in [6.07, 6.45) is 3.51. The fourth-order valence-corrected chi connectivity index (χ4v) is 4.01. The average molecular weight is 390 g/mol. The molecule has 1 saturated heterocycles. The van der Waals surface area contributed by atoms with Gasteiger partial charge < -0.3 is 10.2 Å². The predicted octanol–water partition coefficient (Wildman–Crippen LogP) is 2.84. The first-order valence-electron chi connectivity index (χ1n) is 8.74. The van der Waals surface area contributed by atoms with Crippen molar-refractivity contribution in [1.29, 1.82) is 0 Å². The van der Waals surface area contributed by atoms with Crippen molar-refractivity contribution in [2.24, 2.45) is 5.14 Å². The molecule has 9 heteroatoms. The fourth-order valence-electron chi connectivity index (χ4n) is 3.31. The second kappa shape index (κ2) is 7.93. The molecule has 1 heterocycles. The molecule has 0 saturated carbocycles. The van der Waals surface area contributed by atoms with Crippen LogP contribution in [0.2, 0.25) is 0 Å². The molecule has 0 unspecified atom stereocenters. The molecule has 0 atom stereocenters. The summed E-state index contributed by atoms with van der Waals surface area (Å²) in [7, 11) is -4.01. The lowest BCUT2D eigenvalue weighted by Gasteiger charge is -2.30. The molecule has 0 spiro atoms. The molecule has 1 aliphatic heterocycles. The number of sulfonamides is 1. The van der Waals surface area contributed by atoms with Crippen LogP contribution in [0.1, 0.15) is 24.8 Å². The molecule has 0 amide bonds. The molecular weight excluding hydrogens is 368 g/mol. The maximum absolute atomic E-state index is 11.8. The summed E-state index contributed by atoms with van der Waals surface area (Å²) in [5.41, 5.74) is 2.01. The van der Waals surface area contributed by atoms with E-state index in [1.54, 1.807) is 0 Å². The van der Waals surface area contributed by atoms with Crippen molar-refractivity contribution in [1.82, 2.24) is 0 Å². The number of piperidine rings is 1. The van der Waals surface area contributed by atoms with Crippen LogP contribution in [0.5, 0.6) is 0 Å². The number of benzene rings is 2. The molecule has 3 rings (SSSR count). The first-order chi connectivity index (χ1) is 12.9. The molecule has 0 aliphatic carbocycles. The van der Waals surface area contributed by atoms with Gasteiger partial charge in [0.1, 0.15) is 4.90 Å². The number of nitrogens with two attached hydrogens (primary N) is 1. The largest absolute Gasteiger partial charge is 0.380 e. The monoisotopic (exact) mass is 390 g/mol. The van der Waals surface area contributed by atoms with Gasteiger partial charge in [-0.3, -0.25) is 10.1 Å². The third-order valence-electron chi connectivity index (χ3n) is 4.64. The smallest absolute Gasteiger partial charge is 0.271 e. The molecule has 27 heavy (non-hydrogen) atoms. The molecule has 0 aromatic heterocycles. The lowest BCUT2D eigenvalue weighted by Crippen LogP contribution is -2.30. The number of non-ortho nitro benzene ring substituents is 1. The van der Waals surface area contributed by atoms with Crippen LogP contribution in [-0.2, 0) is 16.6 Å². The number of hydrogen-bond donors (Lipinski definition) is 2. The van der Waals surface area contributed by atoms with Crippen molar-refractivity contribution in [3.63, 3.8) is 0 Å². The van der Waals surface area contributed by atoms with Gasteiger partial charge in [-0.05, 0) is 37.0 Å². The van der Waals surface area contributed by atoms with Gasteiger partial charge in [0.05, 0.1) is 10.6 Å². The molecule has 2 aromatic carbocycles. The highest BCUT2D eigenvalue weighted by Crippen LogP contribution is 2.28. The highest BCUT2D eigenvalue weighted by Gasteiger charge is 2.19. The quantitative estimate of drug-likeness (QED) is 0.578. The average Bonchev–Trinajstić information content (AvgIpc) is 2.66. The third kappa shape index (κ3) is 4.55. The van der Waals surface area contributed by atoms with E-state index in [1.807, 2.05) is 24.3 Å². The minimum Gasteiger partial charge on any atom is -0.380 e. The normalized spacial score (nSPS) is 14.8. The van der Waals surface area contributed by atoms with E-state index in [0.29, 0.717) is 6.54 Å². The first-order valence-corrected chi connectivity index (χ1v) is 10.3. The van der Waals surface area contributed by atoms with Crippen LogP contribution < -0.4 is 15.4 Å². The number of nitro groups is 1. The minimum atomic E-state index is -4.01. The zero-order valence-corrected chi connectivity index (χ0v) is 15.6. The van der Waals surface area contributed by atoms with E-state index in [2.05, 4.69) is 10.2 Å². The van der Waals surface area contributed by atoms with Crippen molar-refractivity contribution < 1.29 is 13.3 Å². The second-order valence-corrected chi connectivity index (χ2v) is 8.04. The van der Waals surface area contributed by atoms with Gasteiger partial charge in [0.2, 0.25) is 10.0 Å². The van der Waals surface area contributed by atoms with Gasteiger partial charge in [-0.2, -0.15) is 0 Å². The summed E-state index contributed by atoms with van der Waals surface area (Å²) in [4.78, 5) is 12.6. The van der Waals surface area contributed by atoms with Crippen molar-refractivity contribution in [2.45, 2.75) is 30.7 Å². The van der Waals surface area contributed by atoms with E-state index in [0.717, 1.165) is 49.3 Å². The number of para-hydroxylation sites is 1. The highest BCUT2D eigenvalue weighted by molar-refractivity contribution is 7.89. The lowest BCUT2D eigenvalue weighted by molar-refractivity contribution is -0.384. The van der Waals surface area contributed by atoms with Gasteiger partial charge in [-0.25, -0.2) is 13.6 Å². The van der Waals surface area contributed by atoms with E-state index in [4.69, 9.17) is 5.14 Å². The van der Waals surface area contributed by atoms with Crippen molar-refractivity contribution >= 4 is 27.1 Å². The molecule has 2 aromatic rings. The Labute approximate surface area is 158 Å². The summed E-state index contributed by atoms with van der Waals surface area (Å²) < 4.78 is 23.6. The highest BCUT2D eigenvalue weighted by atomic mass is 32.2. The number of primary sulfonamides is 1. The van der Waals surface area contributed by atoms with Crippen LogP contribution in [0.4, 0.5) is 17.1 Å². The van der Waals surface area contributed by atoms with Crippen LogP contribution in [0.25, 0.3) is 0 Å². The summed E-state index contributed by atoms with van der Waals surface area (Å²) in [5, 5.41) is 19.3. The predicted molar refractivity (Wildman–Crippen MR) is 104 cm³/mol. The van der Waals surface area contributed by atoms with E-state index in [1.165, 1.54) is 12.5 Å². The molecule has 1 fully saturated rings. The second-order valence-electron chi connectivity index (χ2n) is 6.51. The molecule has 3 N–H and O–H groups in total. The van der Waals surface area contributed by atoms with Crippen molar-refractivity contribution in [2.75, 3.05) is 23.3 Å². The van der Waals surface area contributed by atoms with E-state index in [-0.39, 0.29) is 16.3 Å². The molecule has 1 aliphatic rings. The Bertz CT molecular complexity index is 940. The van der Waals surface area contributed by atoms with E-state index < -0.39 is 14.9 Å². The Kier molecular flexibility index (Phi) is 5.62. The van der Waals surface area contributed by atoms with Crippen LogP contribution in [-0.4, -0.2) is 26.4 Å². The number of nitrogens with zero attached hydrogens (tertiary/aromatic N) is 2. The summed E-state index contributed by atoms with van der Waals surface area (Å²) in [6, 6.07) is 11.4. The summed E-state index contributed by atoms with van der Waals surface area (Å²) >= 11 is 0. The Balaban J connectivity index is 1.89. The van der Waals surface area contributed by atoms with Crippen molar-refractivity contribution in [3.05, 3.63) is 58.1 Å². The standard InChI is InChI=1S/C18H22N4O4S/c19-27(25,26)18-9-8-15(22(23)24)12-16(18)20-13-14-6-2-3-7-17(14)21-10-4-1-5-11-21/h2-3,6-9,12,20H,1,4-5,10-11,13H2,(H2,19,25,26). The minimum absolute atomic E-state index is 0.125. The number of nitrogens with one attached hydrogen (secondary N) is 1. The molecule has 8 nitrogen and oxygen atoms in total. The van der Waals surface area contributed by atoms with Gasteiger partial charge >= 0.3 is 0 Å². The fraction of sp³-hybridized carbons (Fsp3) is 0.333. The van der Waals surface area contributed by atoms with Gasteiger partial charge in [0.15, 0.2) is 0 Å². The zero-order chi connectivity index (χ0) is 19.4. The van der Waals surface area contributed by atoms with Gasteiger partial charge in [0.25, 0.3) is 5.69 Å². The Morgan fingerprint density at radius 2 is 1.81 bits per heavy atom. The molecule has 0 bridgehead atoms. The van der Waals surface area contributed by atoms with Crippen LogP contribution >= 0.6 is 0 Å². The number of rotatable bonds is 6.